The number of rotatable bonds is 10. The zero-order chi connectivity index (χ0) is 34.3. The molecule has 4 atom stereocenters. The van der Waals surface area contributed by atoms with Crippen LogP contribution in [-0.2, 0) is 19.4 Å². The predicted molar refractivity (Wildman–Crippen MR) is 157 cm³/mol. The van der Waals surface area contributed by atoms with Crippen LogP contribution in [-0.4, -0.2) is 67.8 Å². The molecule has 2 aromatic rings. The number of carbonyl (C=O) groups is 3. The molecule has 16 heteroatoms. The second kappa shape index (κ2) is 12.9. The number of hydrogen-bond donors (Lipinski definition) is 4. The van der Waals surface area contributed by atoms with Crippen LogP contribution in [0.2, 0.25) is 0 Å². The lowest BCUT2D eigenvalue weighted by Gasteiger charge is -2.35. The Kier molecular flexibility index (Phi) is 9.48. The first-order chi connectivity index (χ1) is 22.1. The number of fused-ring (bicyclic) bond motifs is 2. The standard InChI is InChI=1S/C31H34F4N2O9S/c1-45-23-14-22(32)24(46-19-7-9-30(15-38,10-8-19)29(41)42)13-21(23)27(39)37-26-17-6-5-16(11-17)25(26)28(40)36-18-3-2-4-20(12-18)47(43,44)31(33,34)35/h2-4,12-14,16-17,19,25-26,38H,5-11,15H2,1H3,(H,36,40)(H,37,39)(H,41,42)/t16-,17+,19-,25-,26+,30+/m1/s1. The molecule has 2 amide bonds. The molecule has 3 fully saturated rings. The van der Waals surface area contributed by atoms with Gasteiger partial charge in [0.15, 0.2) is 11.6 Å². The van der Waals surface area contributed by atoms with Crippen molar-refractivity contribution < 1.29 is 60.0 Å². The molecule has 47 heavy (non-hydrogen) atoms. The van der Waals surface area contributed by atoms with Crippen molar-refractivity contribution in [1.82, 2.24) is 5.32 Å². The predicted octanol–water partition coefficient (Wildman–Crippen LogP) is 4.30. The van der Waals surface area contributed by atoms with Crippen molar-refractivity contribution in [3.05, 3.63) is 47.8 Å². The maximum atomic E-state index is 15.0. The van der Waals surface area contributed by atoms with Gasteiger partial charge in [-0.1, -0.05) is 6.07 Å². The lowest BCUT2D eigenvalue weighted by molar-refractivity contribution is -0.155. The van der Waals surface area contributed by atoms with Gasteiger partial charge in [-0.05, 0) is 81.0 Å². The van der Waals surface area contributed by atoms with Crippen LogP contribution in [0.25, 0.3) is 0 Å². The number of amides is 2. The van der Waals surface area contributed by atoms with E-state index in [-0.39, 0.29) is 60.3 Å². The molecular weight excluding hydrogens is 652 g/mol. The van der Waals surface area contributed by atoms with Gasteiger partial charge in [-0.25, -0.2) is 12.8 Å². The van der Waals surface area contributed by atoms with E-state index < -0.39 is 73.9 Å². The molecule has 11 nitrogen and oxygen atoms in total. The smallest absolute Gasteiger partial charge is 0.496 e. The molecule has 0 aromatic heterocycles. The molecule has 0 aliphatic heterocycles. The Hall–Kier alpha value is -3.92. The van der Waals surface area contributed by atoms with Crippen molar-refractivity contribution in [3.63, 3.8) is 0 Å². The first kappa shape index (κ1) is 34.4. The molecule has 3 aliphatic carbocycles. The molecule has 3 saturated carbocycles. The number of aliphatic hydroxyl groups is 1. The fraction of sp³-hybridized carbons (Fsp3) is 0.516. The molecule has 4 N–H and O–H groups in total. The summed E-state index contributed by atoms with van der Waals surface area (Å²) in [5.41, 5.74) is -7.06. The number of benzene rings is 2. The Morgan fingerprint density at radius 1 is 1.02 bits per heavy atom. The third-order valence-corrected chi connectivity index (χ3v) is 11.2. The van der Waals surface area contributed by atoms with Gasteiger partial charge in [-0.3, -0.25) is 14.4 Å². The molecular formula is C31H34F4N2O9S. The van der Waals surface area contributed by atoms with E-state index in [9.17, 15) is 46.2 Å². The van der Waals surface area contributed by atoms with Crippen LogP contribution in [0.4, 0.5) is 23.2 Å². The number of carbonyl (C=O) groups excluding carboxylic acids is 2. The SMILES string of the molecule is COc1cc(F)c(O[C@H]2CC[C@@](CO)(C(=O)O)CC2)cc1C(=O)N[C@H]1[C@H]2CC[C@H](C2)[C@H]1C(=O)Nc1cccc(S(=O)(=O)C(F)(F)F)c1. The highest BCUT2D eigenvalue weighted by Gasteiger charge is 2.52. The number of halogens is 4. The number of nitrogens with one attached hydrogen (secondary N) is 2. The largest absolute Gasteiger partial charge is 0.501 e. The van der Waals surface area contributed by atoms with Crippen LogP contribution < -0.4 is 20.1 Å². The summed E-state index contributed by atoms with van der Waals surface area (Å²) in [5.74, 6) is -4.62. The summed E-state index contributed by atoms with van der Waals surface area (Å²) < 4.78 is 89.1. The fourth-order valence-corrected chi connectivity index (χ4v) is 7.87. The van der Waals surface area contributed by atoms with E-state index in [0.717, 1.165) is 24.3 Å². The third kappa shape index (κ3) is 6.62. The van der Waals surface area contributed by atoms with Gasteiger partial charge >= 0.3 is 11.5 Å². The Bertz CT molecular complexity index is 1660. The van der Waals surface area contributed by atoms with Gasteiger partial charge in [0.05, 0.1) is 41.6 Å². The first-order valence-corrected chi connectivity index (χ1v) is 16.5. The molecule has 0 spiro atoms. The van der Waals surface area contributed by atoms with Crippen molar-refractivity contribution in [2.45, 2.75) is 67.5 Å². The number of hydrogen-bond acceptors (Lipinski definition) is 8. The number of alkyl halides is 3. The molecule has 3 aliphatic rings. The summed E-state index contributed by atoms with van der Waals surface area (Å²) >= 11 is 0. The van der Waals surface area contributed by atoms with Crippen LogP contribution in [0, 0.1) is 29.0 Å². The molecule has 2 aromatic carbocycles. The van der Waals surface area contributed by atoms with Crippen LogP contribution in [0.1, 0.15) is 55.3 Å². The Labute approximate surface area is 267 Å². The van der Waals surface area contributed by atoms with E-state index in [1.165, 1.54) is 19.2 Å². The highest BCUT2D eigenvalue weighted by Crippen LogP contribution is 2.49. The number of anilines is 1. The normalized spacial score (nSPS) is 27.2. The van der Waals surface area contributed by atoms with Crippen molar-refractivity contribution in [2.24, 2.45) is 23.2 Å². The lowest BCUT2D eigenvalue weighted by atomic mass is 9.74. The van der Waals surface area contributed by atoms with Gasteiger partial charge in [-0.2, -0.15) is 13.2 Å². The topological polar surface area (TPSA) is 168 Å². The average Bonchev–Trinajstić information content (AvgIpc) is 3.64. The summed E-state index contributed by atoms with van der Waals surface area (Å²) in [6.07, 6.45) is 2.11. The summed E-state index contributed by atoms with van der Waals surface area (Å²) in [6.45, 7) is -0.537. The van der Waals surface area contributed by atoms with E-state index in [2.05, 4.69) is 10.6 Å². The number of ether oxygens (including phenoxy) is 2. The van der Waals surface area contributed by atoms with Crippen LogP contribution in [0.3, 0.4) is 0 Å². The van der Waals surface area contributed by atoms with Crippen molar-refractivity contribution >= 4 is 33.3 Å². The lowest BCUT2D eigenvalue weighted by Crippen LogP contribution is -2.48. The van der Waals surface area contributed by atoms with E-state index in [1.54, 1.807) is 0 Å². The molecule has 5 rings (SSSR count). The number of methoxy groups -OCH3 is 1. The molecule has 0 unspecified atom stereocenters. The van der Waals surface area contributed by atoms with E-state index >= 15 is 4.39 Å². The summed E-state index contributed by atoms with van der Waals surface area (Å²) in [5, 5.41) is 24.5. The van der Waals surface area contributed by atoms with Crippen LogP contribution >= 0.6 is 0 Å². The van der Waals surface area contributed by atoms with Crippen molar-refractivity contribution in [3.8, 4) is 11.5 Å². The minimum Gasteiger partial charge on any atom is -0.496 e. The Morgan fingerprint density at radius 3 is 2.32 bits per heavy atom. The maximum absolute atomic E-state index is 15.0. The molecule has 256 valence electrons. The average molecular weight is 687 g/mol. The number of carboxylic acids is 1. The molecule has 0 radical (unpaired) electrons. The molecule has 2 bridgehead atoms. The summed E-state index contributed by atoms with van der Waals surface area (Å²) in [7, 11) is -4.40. The highest BCUT2D eigenvalue weighted by molar-refractivity contribution is 7.92. The van der Waals surface area contributed by atoms with Gasteiger partial charge in [0.25, 0.3) is 15.7 Å². The number of sulfone groups is 1. The minimum atomic E-state index is -5.64. The van der Waals surface area contributed by atoms with Crippen molar-refractivity contribution in [2.75, 3.05) is 19.0 Å². The quantitative estimate of drug-likeness (QED) is 0.267. The number of aliphatic carboxylic acids is 1. The van der Waals surface area contributed by atoms with Crippen molar-refractivity contribution in [1.29, 1.82) is 0 Å². The van der Waals surface area contributed by atoms with E-state index in [0.29, 0.717) is 19.3 Å². The van der Waals surface area contributed by atoms with E-state index in [1.807, 2.05) is 0 Å². The van der Waals surface area contributed by atoms with Crippen LogP contribution in [0.5, 0.6) is 11.5 Å². The number of aliphatic hydroxyl groups excluding tert-OH is 1. The van der Waals surface area contributed by atoms with Gasteiger partial charge in [0.1, 0.15) is 5.75 Å². The van der Waals surface area contributed by atoms with Gasteiger partial charge in [-0.15, -0.1) is 0 Å². The monoisotopic (exact) mass is 686 g/mol. The van der Waals surface area contributed by atoms with Gasteiger partial charge in [0, 0.05) is 17.8 Å². The molecule has 0 heterocycles. The Balaban J connectivity index is 1.32. The zero-order valence-electron chi connectivity index (χ0n) is 25.2. The van der Waals surface area contributed by atoms with E-state index in [4.69, 9.17) is 9.47 Å². The summed E-state index contributed by atoms with van der Waals surface area (Å²) in [4.78, 5) is 37.7. The second-order valence-corrected chi connectivity index (χ2v) is 14.3. The zero-order valence-corrected chi connectivity index (χ0v) is 26.0. The van der Waals surface area contributed by atoms with Crippen LogP contribution in [0.15, 0.2) is 41.3 Å². The Morgan fingerprint density at radius 2 is 1.70 bits per heavy atom. The maximum Gasteiger partial charge on any atom is 0.501 e. The van der Waals surface area contributed by atoms with Gasteiger partial charge in [0.2, 0.25) is 5.91 Å². The highest BCUT2D eigenvalue weighted by atomic mass is 32.2. The fourth-order valence-electron chi connectivity index (χ4n) is 7.06. The second-order valence-electron chi connectivity index (χ2n) is 12.4. The molecule has 0 saturated heterocycles. The third-order valence-electron chi connectivity index (χ3n) is 9.67. The van der Waals surface area contributed by atoms with Gasteiger partial charge < -0.3 is 30.3 Å². The minimum absolute atomic E-state index is 0.0815. The summed E-state index contributed by atoms with van der Waals surface area (Å²) in [6, 6.07) is 5.31. The first-order valence-electron chi connectivity index (χ1n) is 15.0. The number of carboxylic acid groups (broad SMARTS) is 1.